The molecule has 1 fully saturated rings. The standard InChI is InChI=1S/C16H24O4S/c1-13(12-17)15(18)16(10-6-3-7-11-16)21(19,20)14-8-4-2-5-9-14/h2,4-5,8-9,13,15,17-18H,3,6-7,10-12H2,1H3/t13-,15-/m1/s1. The van der Waals surface area contributed by atoms with Crippen LogP contribution in [0.4, 0.5) is 0 Å². The molecule has 1 aromatic carbocycles. The number of rotatable bonds is 5. The Hall–Kier alpha value is -0.910. The highest BCUT2D eigenvalue weighted by molar-refractivity contribution is 7.93. The molecule has 0 unspecified atom stereocenters. The maximum Gasteiger partial charge on any atom is 0.186 e. The van der Waals surface area contributed by atoms with E-state index in [1.165, 1.54) is 0 Å². The van der Waals surface area contributed by atoms with Crippen molar-refractivity contribution in [2.75, 3.05) is 6.61 Å². The first-order chi connectivity index (χ1) is 9.95. The van der Waals surface area contributed by atoms with E-state index in [-0.39, 0.29) is 11.5 Å². The lowest BCUT2D eigenvalue weighted by atomic mass is 9.80. The van der Waals surface area contributed by atoms with Gasteiger partial charge in [0.05, 0.1) is 11.0 Å². The Balaban J connectivity index is 2.50. The lowest BCUT2D eigenvalue weighted by Gasteiger charge is -2.42. The average Bonchev–Trinajstić information content (AvgIpc) is 2.54. The minimum Gasteiger partial charge on any atom is -0.396 e. The van der Waals surface area contributed by atoms with Gasteiger partial charge in [-0.25, -0.2) is 8.42 Å². The fourth-order valence-corrected chi connectivity index (χ4v) is 5.69. The first kappa shape index (κ1) is 16.5. The first-order valence-corrected chi connectivity index (χ1v) is 9.02. The van der Waals surface area contributed by atoms with Crippen LogP contribution in [0.3, 0.4) is 0 Å². The molecule has 0 radical (unpaired) electrons. The van der Waals surface area contributed by atoms with Crippen molar-refractivity contribution in [3.8, 4) is 0 Å². The molecule has 4 nitrogen and oxygen atoms in total. The van der Waals surface area contributed by atoms with Gasteiger partial charge in [0.15, 0.2) is 9.84 Å². The maximum absolute atomic E-state index is 13.1. The predicted octanol–water partition coefficient (Wildman–Crippen LogP) is 2.15. The summed E-state index contributed by atoms with van der Waals surface area (Å²) in [5, 5.41) is 20.0. The summed E-state index contributed by atoms with van der Waals surface area (Å²) in [7, 11) is -3.64. The van der Waals surface area contributed by atoms with Crippen LogP contribution in [-0.4, -0.2) is 36.1 Å². The molecule has 1 saturated carbocycles. The van der Waals surface area contributed by atoms with Crippen molar-refractivity contribution in [3.63, 3.8) is 0 Å². The fourth-order valence-electron chi connectivity index (χ4n) is 3.33. The topological polar surface area (TPSA) is 74.6 Å². The number of aliphatic hydroxyl groups is 2. The van der Waals surface area contributed by atoms with Gasteiger partial charge in [-0.3, -0.25) is 0 Å². The van der Waals surface area contributed by atoms with Crippen LogP contribution in [0.5, 0.6) is 0 Å². The van der Waals surface area contributed by atoms with E-state index < -0.39 is 26.6 Å². The normalized spacial score (nSPS) is 21.7. The summed E-state index contributed by atoms with van der Waals surface area (Å²) < 4.78 is 25.1. The average molecular weight is 312 g/mol. The van der Waals surface area contributed by atoms with E-state index in [1.807, 2.05) is 0 Å². The van der Waals surface area contributed by atoms with E-state index in [0.29, 0.717) is 12.8 Å². The van der Waals surface area contributed by atoms with Crippen molar-refractivity contribution in [2.24, 2.45) is 5.92 Å². The molecule has 0 aliphatic heterocycles. The molecular formula is C16H24O4S. The van der Waals surface area contributed by atoms with E-state index in [0.717, 1.165) is 19.3 Å². The summed E-state index contributed by atoms with van der Waals surface area (Å²) in [5.74, 6) is -0.457. The predicted molar refractivity (Wildman–Crippen MR) is 81.7 cm³/mol. The van der Waals surface area contributed by atoms with Crippen molar-refractivity contribution >= 4 is 9.84 Å². The third-order valence-corrected chi connectivity index (χ3v) is 7.27. The van der Waals surface area contributed by atoms with Crippen molar-refractivity contribution in [3.05, 3.63) is 30.3 Å². The first-order valence-electron chi connectivity index (χ1n) is 7.54. The number of sulfone groups is 1. The molecule has 118 valence electrons. The Kier molecular flexibility index (Phi) is 5.07. The largest absolute Gasteiger partial charge is 0.396 e. The minimum absolute atomic E-state index is 0.215. The molecule has 21 heavy (non-hydrogen) atoms. The van der Waals surface area contributed by atoms with Gasteiger partial charge in [0.25, 0.3) is 0 Å². The summed E-state index contributed by atoms with van der Waals surface area (Å²) in [6.45, 7) is 1.48. The monoisotopic (exact) mass is 312 g/mol. The van der Waals surface area contributed by atoms with Gasteiger partial charge in [0.1, 0.15) is 4.75 Å². The Labute approximate surface area is 126 Å². The maximum atomic E-state index is 13.1. The van der Waals surface area contributed by atoms with E-state index in [1.54, 1.807) is 37.3 Å². The summed E-state index contributed by atoms with van der Waals surface area (Å²) >= 11 is 0. The molecule has 0 bridgehead atoms. The Morgan fingerprint density at radius 3 is 2.24 bits per heavy atom. The molecule has 2 rings (SSSR count). The van der Waals surface area contributed by atoms with Gasteiger partial charge >= 0.3 is 0 Å². The van der Waals surface area contributed by atoms with E-state index in [2.05, 4.69) is 0 Å². The summed E-state index contributed by atoms with van der Waals surface area (Å²) in [4.78, 5) is 0.260. The smallest absolute Gasteiger partial charge is 0.186 e. The Morgan fingerprint density at radius 2 is 1.71 bits per heavy atom. The molecule has 1 aliphatic rings. The van der Waals surface area contributed by atoms with Crippen molar-refractivity contribution in [2.45, 2.75) is 54.8 Å². The zero-order valence-corrected chi connectivity index (χ0v) is 13.2. The second kappa shape index (κ2) is 6.46. The van der Waals surface area contributed by atoms with Crippen LogP contribution < -0.4 is 0 Å². The summed E-state index contributed by atoms with van der Waals surface area (Å²) in [6, 6.07) is 8.35. The van der Waals surface area contributed by atoms with Crippen molar-refractivity contribution < 1.29 is 18.6 Å². The number of hydrogen-bond donors (Lipinski definition) is 2. The van der Waals surface area contributed by atoms with Gasteiger partial charge in [0.2, 0.25) is 0 Å². The lowest BCUT2D eigenvalue weighted by molar-refractivity contribution is 0.0296. The minimum atomic E-state index is -3.64. The Morgan fingerprint density at radius 1 is 1.14 bits per heavy atom. The second-order valence-electron chi connectivity index (χ2n) is 6.05. The van der Waals surface area contributed by atoms with Gasteiger partial charge in [-0.1, -0.05) is 44.4 Å². The number of benzene rings is 1. The fraction of sp³-hybridized carbons (Fsp3) is 0.625. The highest BCUT2D eigenvalue weighted by atomic mass is 32.2. The van der Waals surface area contributed by atoms with Crippen LogP contribution in [0.15, 0.2) is 35.2 Å². The molecular weight excluding hydrogens is 288 g/mol. The third-order valence-electron chi connectivity index (χ3n) is 4.65. The van der Waals surface area contributed by atoms with Gasteiger partial charge in [-0.05, 0) is 25.0 Å². The van der Waals surface area contributed by atoms with Crippen molar-refractivity contribution in [1.29, 1.82) is 0 Å². The van der Waals surface area contributed by atoms with E-state index >= 15 is 0 Å². The van der Waals surface area contributed by atoms with E-state index in [4.69, 9.17) is 0 Å². The van der Waals surface area contributed by atoms with Gasteiger partial charge in [0, 0.05) is 12.5 Å². The van der Waals surface area contributed by atoms with Gasteiger partial charge < -0.3 is 10.2 Å². The van der Waals surface area contributed by atoms with Crippen LogP contribution in [0, 0.1) is 5.92 Å². The second-order valence-corrected chi connectivity index (χ2v) is 8.34. The number of aliphatic hydroxyl groups excluding tert-OH is 2. The highest BCUT2D eigenvalue weighted by Gasteiger charge is 2.52. The highest BCUT2D eigenvalue weighted by Crippen LogP contribution is 2.43. The molecule has 0 saturated heterocycles. The van der Waals surface area contributed by atoms with Crippen LogP contribution in [-0.2, 0) is 9.84 Å². The molecule has 5 heteroatoms. The Bertz CT molecular complexity index is 547. The van der Waals surface area contributed by atoms with Crippen LogP contribution in [0.1, 0.15) is 39.0 Å². The summed E-state index contributed by atoms with van der Waals surface area (Å²) in [6.07, 6.45) is 2.44. The zero-order chi connectivity index (χ0) is 15.5. The van der Waals surface area contributed by atoms with Gasteiger partial charge in [-0.2, -0.15) is 0 Å². The summed E-state index contributed by atoms with van der Waals surface area (Å²) in [5.41, 5.74) is 0. The molecule has 0 heterocycles. The molecule has 2 atom stereocenters. The molecule has 0 aromatic heterocycles. The van der Waals surface area contributed by atoms with Crippen LogP contribution >= 0.6 is 0 Å². The molecule has 0 amide bonds. The molecule has 0 spiro atoms. The van der Waals surface area contributed by atoms with Crippen molar-refractivity contribution in [1.82, 2.24) is 0 Å². The molecule has 1 aromatic rings. The molecule has 2 N–H and O–H groups in total. The SMILES string of the molecule is C[C@H](CO)[C@@H](O)C1(S(=O)(=O)c2ccccc2)CCCCC1. The molecule has 1 aliphatic carbocycles. The van der Waals surface area contributed by atoms with Crippen LogP contribution in [0.2, 0.25) is 0 Å². The zero-order valence-electron chi connectivity index (χ0n) is 12.4. The third kappa shape index (κ3) is 2.87. The number of hydrogen-bond acceptors (Lipinski definition) is 4. The lowest BCUT2D eigenvalue weighted by Crippen LogP contribution is -2.53. The van der Waals surface area contributed by atoms with Gasteiger partial charge in [-0.15, -0.1) is 0 Å². The van der Waals surface area contributed by atoms with E-state index in [9.17, 15) is 18.6 Å². The van der Waals surface area contributed by atoms with Crippen LogP contribution in [0.25, 0.3) is 0 Å². The quantitative estimate of drug-likeness (QED) is 0.873.